The normalized spacial score (nSPS) is 16.9. The quantitative estimate of drug-likeness (QED) is 0.688. The van der Waals surface area contributed by atoms with Gasteiger partial charge in [0.1, 0.15) is 0 Å². The molecule has 1 N–H and O–H groups in total. The number of fused-ring (bicyclic) bond motifs is 1. The van der Waals surface area contributed by atoms with Crippen molar-refractivity contribution < 1.29 is 5.21 Å². The Bertz CT molecular complexity index is 424. The Morgan fingerprint density at radius 2 is 2.14 bits per heavy atom. The second kappa shape index (κ2) is 3.43. The van der Waals surface area contributed by atoms with Gasteiger partial charge in [-0.1, -0.05) is 24.3 Å². The summed E-state index contributed by atoms with van der Waals surface area (Å²) in [7, 11) is 0. The second-order valence-electron chi connectivity index (χ2n) is 2.87. The minimum atomic E-state index is 0.387. The number of benzene rings is 1. The van der Waals surface area contributed by atoms with E-state index in [-0.39, 0.29) is 0 Å². The van der Waals surface area contributed by atoms with Gasteiger partial charge in [-0.15, -0.1) is 4.91 Å². The van der Waals surface area contributed by atoms with Crippen LogP contribution in [0, 0.1) is 4.91 Å². The lowest BCUT2D eigenvalue weighted by molar-refractivity contribution is 0.0249. The van der Waals surface area contributed by atoms with Gasteiger partial charge in [0.25, 0.3) is 0 Å². The number of hydrogen-bond donors (Lipinski definition) is 1. The maximum Gasteiger partial charge on any atom is 0.0982 e. The lowest BCUT2D eigenvalue weighted by Gasteiger charge is -2.21. The number of nitroso groups, excluding NO2 is 1. The predicted octanol–water partition coefficient (Wildman–Crippen LogP) is 2.43. The van der Waals surface area contributed by atoms with Gasteiger partial charge in [-0.05, 0) is 16.8 Å². The van der Waals surface area contributed by atoms with Gasteiger partial charge in [-0.3, -0.25) is 5.21 Å². The topological polar surface area (TPSA) is 52.9 Å². The highest BCUT2D eigenvalue weighted by molar-refractivity contribution is 5.76. The molecule has 1 aliphatic rings. The third-order valence-corrected chi connectivity index (χ3v) is 2.05. The fraction of sp³-hybridized carbons (Fsp3) is 0. The molecule has 0 aromatic heterocycles. The minimum Gasteiger partial charge on any atom is -0.284 e. The van der Waals surface area contributed by atoms with E-state index < -0.39 is 0 Å². The average molecular weight is 188 g/mol. The van der Waals surface area contributed by atoms with Crippen molar-refractivity contribution in [1.82, 2.24) is 5.06 Å². The van der Waals surface area contributed by atoms with E-state index >= 15 is 0 Å². The first-order chi connectivity index (χ1) is 6.83. The number of nitrogens with zero attached hydrogens (tertiary/aromatic N) is 2. The van der Waals surface area contributed by atoms with Crippen molar-refractivity contribution in [3.63, 3.8) is 0 Å². The number of rotatable bonds is 1. The Balaban J connectivity index is 2.59. The van der Waals surface area contributed by atoms with Crippen LogP contribution in [0.15, 0.2) is 41.8 Å². The van der Waals surface area contributed by atoms with Crippen molar-refractivity contribution in [3.05, 3.63) is 52.7 Å². The molecule has 70 valence electrons. The molecule has 4 nitrogen and oxygen atoms in total. The summed E-state index contributed by atoms with van der Waals surface area (Å²) in [6.07, 6.45) is 4.32. The molecule has 0 spiro atoms. The maximum absolute atomic E-state index is 10.1. The van der Waals surface area contributed by atoms with E-state index in [0.717, 1.165) is 22.4 Å². The minimum absolute atomic E-state index is 0.387. The lowest BCUT2D eigenvalue weighted by atomic mass is 10.0. The van der Waals surface area contributed by atoms with Crippen molar-refractivity contribution in [3.8, 4) is 0 Å². The number of hydroxylamine groups is 2. The molecular formula is C10H8N2O2. The van der Waals surface area contributed by atoms with Crippen LogP contribution >= 0.6 is 0 Å². The maximum atomic E-state index is 10.1. The predicted molar refractivity (Wildman–Crippen MR) is 52.9 cm³/mol. The molecule has 0 aliphatic carbocycles. The van der Waals surface area contributed by atoms with Crippen LogP contribution in [0.3, 0.4) is 0 Å². The smallest absolute Gasteiger partial charge is 0.0982 e. The standard InChI is InChI=1S/C10H8N2O2/c13-11-7-10-9-4-2-1-3-8(9)5-6-12(10)14/h1-7,14H/b10-7-. The second-order valence-corrected chi connectivity index (χ2v) is 2.87. The fourth-order valence-corrected chi connectivity index (χ4v) is 1.41. The van der Waals surface area contributed by atoms with Crippen molar-refractivity contribution in [1.29, 1.82) is 0 Å². The van der Waals surface area contributed by atoms with Crippen molar-refractivity contribution in [2.24, 2.45) is 5.18 Å². The molecule has 1 aromatic rings. The largest absolute Gasteiger partial charge is 0.284 e. The molecule has 1 heterocycles. The zero-order valence-electron chi connectivity index (χ0n) is 7.29. The summed E-state index contributed by atoms with van der Waals surface area (Å²) in [5.74, 6) is 0. The SMILES string of the molecule is O=N/C=C1/c2ccccc2C=CN1O. The molecule has 0 bridgehead atoms. The molecule has 4 heteroatoms. The molecule has 0 unspecified atom stereocenters. The van der Waals surface area contributed by atoms with Crippen LogP contribution in [0.5, 0.6) is 0 Å². The van der Waals surface area contributed by atoms with Crippen LogP contribution in [0.1, 0.15) is 11.1 Å². The van der Waals surface area contributed by atoms with Gasteiger partial charge in [0, 0.05) is 11.8 Å². The van der Waals surface area contributed by atoms with E-state index in [4.69, 9.17) is 0 Å². The summed E-state index contributed by atoms with van der Waals surface area (Å²) >= 11 is 0. The van der Waals surface area contributed by atoms with Crippen LogP contribution in [-0.2, 0) is 0 Å². The Morgan fingerprint density at radius 1 is 1.36 bits per heavy atom. The third kappa shape index (κ3) is 1.31. The summed E-state index contributed by atoms with van der Waals surface area (Å²) in [6.45, 7) is 0. The molecule has 2 rings (SSSR count). The summed E-state index contributed by atoms with van der Waals surface area (Å²) < 4.78 is 0. The molecule has 0 saturated heterocycles. The van der Waals surface area contributed by atoms with Gasteiger partial charge in [0.05, 0.1) is 11.9 Å². The monoisotopic (exact) mass is 188 g/mol. The van der Waals surface area contributed by atoms with Gasteiger partial charge in [0.15, 0.2) is 0 Å². The van der Waals surface area contributed by atoms with E-state index in [2.05, 4.69) is 5.18 Å². The molecule has 1 aromatic carbocycles. The Labute approximate surface area is 80.7 Å². The lowest BCUT2D eigenvalue weighted by Crippen LogP contribution is -2.13. The van der Waals surface area contributed by atoms with E-state index in [1.165, 1.54) is 6.20 Å². The zero-order chi connectivity index (χ0) is 9.97. The van der Waals surface area contributed by atoms with Gasteiger partial charge in [0.2, 0.25) is 0 Å². The first kappa shape index (κ1) is 8.65. The molecule has 0 saturated carbocycles. The molecule has 1 aliphatic heterocycles. The molecule has 0 fully saturated rings. The first-order valence-electron chi connectivity index (χ1n) is 4.11. The van der Waals surface area contributed by atoms with Crippen molar-refractivity contribution in [2.75, 3.05) is 0 Å². The van der Waals surface area contributed by atoms with E-state index in [1.54, 1.807) is 6.08 Å². The summed E-state index contributed by atoms with van der Waals surface area (Å²) in [5.41, 5.74) is 2.13. The van der Waals surface area contributed by atoms with E-state index in [9.17, 15) is 10.1 Å². The van der Waals surface area contributed by atoms with Crippen LogP contribution in [-0.4, -0.2) is 10.3 Å². The van der Waals surface area contributed by atoms with Crippen molar-refractivity contribution in [2.45, 2.75) is 0 Å². The fourth-order valence-electron chi connectivity index (χ4n) is 1.41. The van der Waals surface area contributed by atoms with Crippen LogP contribution in [0.2, 0.25) is 0 Å². The molecule has 14 heavy (non-hydrogen) atoms. The molecule has 0 amide bonds. The Morgan fingerprint density at radius 3 is 2.93 bits per heavy atom. The Kier molecular flexibility index (Phi) is 2.12. The third-order valence-electron chi connectivity index (χ3n) is 2.05. The van der Waals surface area contributed by atoms with E-state index in [1.807, 2.05) is 24.3 Å². The van der Waals surface area contributed by atoms with E-state index in [0.29, 0.717) is 5.70 Å². The molecule has 0 atom stereocenters. The van der Waals surface area contributed by atoms with Gasteiger partial charge in [-0.2, -0.15) is 0 Å². The average Bonchev–Trinajstić information content (AvgIpc) is 2.23. The summed E-state index contributed by atoms with van der Waals surface area (Å²) in [5, 5.41) is 13.0. The van der Waals surface area contributed by atoms with Gasteiger partial charge in [-0.25, -0.2) is 5.06 Å². The first-order valence-corrected chi connectivity index (χ1v) is 4.11. The summed E-state index contributed by atoms with van der Waals surface area (Å²) in [6, 6.07) is 7.45. The highest BCUT2D eigenvalue weighted by Gasteiger charge is 2.14. The molecule has 0 radical (unpaired) electrons. The van der Waals surface area contributed by atoms with Gasteiger partial charge >= 0.3 is 0 Å². The Hall–Kier alpha value is -1.94. The van der Waals surface area contributed by atoms with Crippen LogP contribution in [0.25, 0.3) is 11.8 Å². The van der Waals surface area contributed by atoms with Crippen LogP contribution < -0.4 is 0 Å². The summed E-state index contributed by atoms with van der Waals surface area (Å²) in [4.78, 5) is 10.1. The number of hydrogen-bond acceptors (Lipinski definition) is 4. The van der Waals surface area contributed by atoms with Gasteiger partial charge < -0.3 is 0 Å². The van der Waals surface area contributed by atoms with Crippen LogP contribution in [0.4, 0.5) is 0 Å². The van der Waals surface area contributed by atoms with Crippen molar-refractivity contribution >= 4 is 11.8 Å². The zero-order valence-corrected chi connectivity index (χ0v) is 7.29. The molecular weight excluding hydrogens is 180 g/mol. The highest BCUT2D eigenvalue weighted by atomic mass is 16.5. The highest BCUT2D eigenvalue weighted by Crippen LogP contribution is 2.27.